The van der Waals surface area contributed by atoms with Gasteiger partial charge in [0.25, 0.3) is 0 Å². The number of rotatable bonds is 48. The summed E-state index contributed by atoms with van der Waals surface area (Å²) in [6.45, 7) is 6.32. The Bertz CT molecular complexity index is 1450. The van der Waals surface area contributed by atoms with E-state index in [0.717, 1.165) is 141 Å². The summed E-state index contributed by atoms with van der Waals surface area (Å²) in [5, 5.41) is 0. The Morgan fingerprint density at radius 1 is 0.324 bits per heavy atom. The maximum Gasteiger partial charge on any atom is 0.306 e. The van der Waals surface area contributed by atoms with Crippen molar-refractivity contribution in [2.24, 2.45) is 0 Å². The number of carbonyl (C=O) groups excluding carboxylic acids is 3. The van der Waals surface area contributed by atoms with Crippen molar-refractivity contribution in [2.45, 2.75) is 239 Å². The number of allylic oxidation sites excluding steroid dienone is 20. The van der Waals surface area contributed by atoms with Crippen LogP contribution in [0, 0.1) is 0 Å². The lowest BCUT2D eigenvalue weighted by Gasteiger charge is -2.18. The topological polar surface area (TPSA) is 78.9 Å². The molecule has 0 saturated heterocycles. The monoisotopic (exact) mass is 941 g/mol. The van der Waals surface area contributed by atoms with Gasteiger partial charge < -0.3 is 14.2 Å². The summed E-state index contributed by atoms with van der Waals surface area (Å²) in [5.41, 5.74) is 0. The third-order valence-electron chi connectivity index (χ3n) is 11.2. The Kier molecular flexibility index (Phi) is 52.0. The zero-order valence-electron chi connectivity index (χ0n) is 43.8. The van der Waals surface area contributed by atoms with Crippen molar-refractivity contribution >= 4 is 17.9 Å². The molecule has 0 fully saturated rings. The minimum atomic E-state index is -0.810. The van der Waals surface area contributed by atoms with Gasteiger partial charge in [-0.1, -0.05) is 213 Å². The number of hydrogen-bond donors (Lipinski definition) is 0. The average molecular weight is 941 g/mol. The molecule has 0 rings (SSSR count). The first-order chi connectivity index (χ1) is 33.5. The van der Waals surface area contributed by atoms with Crippen molar-refractivity contribution in [2.75, 3.05) is 13.2 Å². The van der Waals surface area contributed by atoms with Crippen LogP contribution in [0.1, 0.15) is 233 Å². The molecule has 0 bridgehead atoms. The van der Waals surface area contributed by atoms with Gasteiger partial charge in [0.1, 0.15) is 13.2 Å². The lowest BCUT2D eigenvalue weighted by atomic mass is 10.1. The zero-order chi connectivity index (χ0) is 49.3. The van der Waals surface area contributed by atoms with E-state index in [0.29, 0.717) is 12.8 Å². The molecule has 0 aromatic carbocycles. The summed E-state index contributed by atoms with van der Waals surface area (Å²) in [6, 6.07) is 0. The van der Waals surface area contributed by atoms with Crippen LogP contribution in [-0.2, 0) is 28.6 Å². The second-order valence-corrected chi connectivity index (χ2v) is 17.8. The van der Waals surface area contributed by atoms with Crippen LogP contribution in [0.3, 0.4) is 0 Å². The van der Waals surface area contributed by atoms with Gasteiger partial charge in [-0.15, -0.1) is 0 Å². The first-order valence-electron chi connectivity index (χ1n) is 27.6. The normalized spacial score (nSPS) is 13.0. The van der Waals surface area contributed by atoms with E-state index in [1.807, 2.05) is 0 Å². The maximum atomic E-state index is 12.8. The quantitative estimate of drug-likeness (QED) is 0.0199. The van der Waals surface area contributed by atoms with Crippen LogP contribution in [-0.4, -0.2) is 37.2 Å². The van der Waals surface area contributed by atoms with Crippen LogP contribution in [0.4, 0.5) is 0 Å². The maximum absolute atomic E-state index is 12.8. The standard InChI is InChI=1S/C62H100O6/c1-4-7-10-13-16-19-22-25-28-30-31-32-35-37-40-43-46-49-52-55-61(64)67-58-59(57-66-60(63)54-51-48-45-42-39-36-33-27-24-21-18-15-12-9-6-3)68-62(65)56-53-50-47-44-41-38-34-29-26-23-20-17-14-11-8-5-2/h7-8,10-11,16-21,24-29,31-32,38,41,59H,4-6,9,12-15,22-23,30,33-37,39-40,42-58H2,1-3H3/b10-7-,11-8-,19-16-,20-17-,21-18-,27-24-,28-25-,29-26-,32-31-,41-38-. The Hall–Kier alpha value is -4.19. The Labute approximate surface area is 418 Å². The molecule has 0 aliphatic rings. The van der Waals surface area contributed by atoms with Crippen LogP contribution >= 0.6 is 0 Å². The van der Waals surface area contributed by atoms with E-state index < -0.39 is 6.10 Å². The fraction of sp³-hybridized carbons (Fsp3) is 0.629. The van der Waals surface area contributed by atoms with E-state index in [-0.39, 0.29) is 37.5 Å². The zero-order valence-corrected chi connectivity index (χ0v) is 43.8. The Balaban J connectivity index is 4.50. The first-order valence-corrected chi connectivity index (χ1v) is 27.6. The molecule has 0 radical (unpaired) electrons. The molecule has 1 unspecified atom stereocenters. The van der Waals surface area contributed by atoms with Gasteiger partial charge in [0.15, 0.2) is 6.10 Å². The van der Waals surface area contributed by atoms with Crippen LogP contribution in [0.25, 0.3) is 0 Å². The van der Waals surface area contributed by atoms with Crippen molar-refractivity contribution in [3.8, 4) is 0 Å². The summed E-state index contributed by atoms with van der Waals surface area (Å²) in [6.07, 6.45) is 76.1. The van der Waals surface area contributed by atoms with Crippen LogP contribution in [0.2, 0.25) is 0 Å². The van der Waals surface area contributed by atoms with Crippen LogP contribution < -0.4 is 0 Å². The lowest BCUT2D eigenvalue weighted by Crippen LogP contribution is -2.30. The minimum Gasteiger partial charge on any atom is -0.462 e. The summed E-state index contributed by atoms with van der Waals surface area (Å²) >= 11 is 0. The summed E-state index contributed by atoms with van der Waals surface area (Å²) in [4.78, 5) is 38.1. The lowest BCUT2D eigenvalue weighted by molar-refractivity contribution is -0.167. The molecule has 0 N–H and O–H groups in total. The van der Waals surface area contributed by atoms with Crippen molar-refractivity contribution in [3.63, 3.8) is 0 Å². The highest BCUT2D eigenvalue weighted by molar-refractivity contribution is 5.71. The third-order valence-corrected chi connectivity index (χ3v) is 11.2. The van der Waals surface area contributed by atoms with Gasteiger partial charge in [-0.25, -0.2) is 0 Å². The SMILES string of the molecule is CC/C=C\C/C=C\C/C=C\C/C=C\CCCCCCCCC(=O)OCC(COC(=O)CCCCCCCC/C=C\C=C/CCCCC)OC(=O)CCCCC/C=C\C/C=C\C/C=C\C/C=C\CC. The van der Waals surface area contributed by atoms with E-state index in [1.165, 1.54) is 51.4 Å². The predicted octanol–water partition coefficient (Wildman–Crippen LogP) is 18.5. The first kappa shape index (κ1) is 63.8. The summed E-state index contributed by atoms with van der Waals surface area (Å²) in [7, 11) is 0. The predicted molar refractivity (Wildman–Crippen MR) is 293 cm³/mol. The number of ether oxygens (including phenoxy) is 3. The average Bonchev–Trinajstić information content (AvgIpc) is 3.34. The highest BCUT2D eigenvalue weighted by Crippen LogP contribution is 2.13. The smallest absolute Gasteiger partial charge is 0.306 e. The number of hydrogen-bond acceptors (Lipinski definition) is 6. The Morgan fingerprint density at radius 2 is 0.618 bits per heavy atom. The summed E-state index contributed by atoms with van der Waals surface area (Å²) in [5.74, 6) is -0.965. The molecule has 0 aliphatic carbocycles. The molecule has 68 heavy (non-hydrogen) atoms. The molecule has 6 nitrogen and oxygen atoms in total. The molecule has 0 aliphatic heterocycles. The van der Waals surface area contributed by atoms with Gasteiger partial charge in [-0.2, -0.15) is 0 Å². The fourth-order valence-electron chi connectivity index (χ4n) is 7.12. The molecule has 0 heterocycles. The second-order valence-electron chi connectivity index (χ2n) is 17.8. The minimum absolute atomic E-state index is 0.105. The molecule has 0 aromatic heterocycles. The van der Waals surface area contributed by atoms with Gasteiger partial charge in [-0.05, 0) is 122 Å². The van der Waals surface area contributed by atoms with Gasteiger partial charge in [0.05, 0.1) is 0 Å². The molecule has 0 amide bonds. The van der Waals surface area contributed by atoms with Crippen molar-refractivity contribution in [1.82, 2.24) is 0 Å². The van der Waals surface area contributed by atoms with Gasteiger partial charge >= 0.3 is 17.9 Å². The van der Waals surface area contributed by atoms with E-state index in [2.05, 4.69) is 142 Å². The van der Waals surface area contributed by atoms with Crippen molar-refractivity contribution < 1.29 is 28.6 Å². The number of unbranched alkanes of at least 4 members (excludes halogenated alkanes) is 18. The van der Waals surface area contributed by atoms with Gasteiger partial charge in [0, 0.05) is 19.3 Å². The number of esters is 3. The summed E-state index contributed by atoms with van der Waals surface area (Å²) < 4.78 is 16.8. The molecule has 384 valence electrons. The van der Waals surface area contributed by atoms with E-state index in [4.69, 9.17) is 14.2 Å². The molecule has 0 saturated carbocycles. The molecule has 6 heteroatoms. The Morgan fingerprint density at radius 3 is 1.00 bits per heavy atom. The van der Waals surface area contributed by atoms with Crippen LogP contribution in [0.5, 0.6) is 0 Å². The molecule has 0 spiro atoms. The molecular formula is C62H100O6. The number of carbonyl (C=O) groups is 3. The van der Waals surface area contributed by atoms with E-state index in [9.17, 15) is 14.4 Å². The highest BCUT2D eigenvalue weighted by atomic mass is 16.6. The van der Waals surface area contributed by atoms with Gasteiger partial charge in [-0.3, -0.25) is 14.4 Å². The largest absolute Gasteiger partial charge is 0.462 e. The highest BCUT2D eigenvalue weighted by Gasteiger charge is 2.19. The molecular weight excluding hydrogens is 841 g/mol. The van der Waals surface area contributed by atoms with Crippen LogP contribution in [0.15, 0.2) is 122 Å². The van der Waals surface area contributed by atoms with E-state index >= 15 is 0 Å². The molecule has 0 aromatic rings. The van der Waals surface area contributed by atoms with Gasteiger partial charge in [0.2, 0.25) is 0 Å². The fourth-order valence-corrected chi connectivity index (χ4v) is 7.12. The van der Waals surface area contributed by atoms with Crippen molar-refractivity contribution in [1.29, 1.82) is 0 Å². The second kappa shape index (κ2) is 55.4. The van der Waals surface area contributed by atoms with Crippen molar-refractivity contribution in [3.05, 3.63) is 122 Å². The third kappa shape index (κ3) is 52.8. The van der Waals surface area contributed by atoms with E-state index in [1.54, 1.807) is 0 Å². The molecule has 1 atom stereocenters.